The summed E-state index contributed by atoms with van der Waals surface area (Å²) in [6, 6.07) is 0. The monoisotopic (exact) mass is 278 g/mol. The summed E-state index contributed by atoms with van der Waals surface area (Å²) in [6.07, 6.45) is 6.33. The number of carboxylic acid groups (broad SMARTS) is 2. The van der Waals surface area contributed by atoms with Crippen molar-refractivity contribution in [2.75, 3.05) is 0 Å². The van der Waals surface area contributed by atoms with Crippen molar-refractivity contribution in [3.63, 3.8) is 0 Å². The molecule has 0 bridgehead atoms. The third kappa shape index (κ3) is 29.2. The topological polar surface area (TPSA) is 80.3 Å². The molecule has 0 aliphatic heterocycles. The van der Waals surface area contributed by atoms with Gasteiger partial charge in [0.25, 0.3) is 0 Å². The Balaban J connectivity index is -0.000000242. The van der Waals surface area contributed by atoms with Gasteiger partial charge in [0.2, 0.25) is 0 Å². The van der Waals surface area contributed by atoms with Crippen LogP contribution in [0, 0.1) is 0 Å². The van der Waals surface area contributed by atoms with Crippen molar-refractivity contribution in [1.82, 2.24) is 0 Å². The molecule has 16 heavy (non-hydrogen) atoms. The van der Waals surface area contributed by atoms with Crippen LogP contribution in [0.5, 0.6) is 0 Å². The van der Waals surface area contributed by atoms with Gasteiger partial charge < -0.3 is 19.8 Å². The number of hydrogen-bond donors (Lipinski definition) is 0. The summed E-state index contributed by atoms with van der Waals surface area (Å²) in [5.74, 6) is -2.15. The van der Waals surface area contributed by atoms with E-state index in [1.165, 1.54) is 12.8 Å². The first kappa shape index (κ1) is 20.7. The van der Waals surface area contributed by atoms with Crippen LogP contribution in [-0.4, -0.2) is 11.9 Å². The quantitative estimate of drug-likeness (QED) is 0.374. The molecule has 0 unspecified atom stereocenters. The molecule has 0 spiro atoms. The molecule has 0 aliphatic rings. The fourth-order valence-corrected chi connectivity index (χ4v) is 0.873. The van der Waals surface area contributed by atoms with E-state index in [2.05, 4.69) is 13.5 Å². The normalized spacial score (nSPS) is 8.06. The molecule has 0 fully saturated rings. The Morgan fingerprint density at radius 2 is 1.56 bits per heavy atom. The standard InChI is InChI=1S/C8H16O2.C3H4O2.Zn/c1-2-3-4-5-6-7-8(9)10;1-2-3(4)5;/h2-7H2,1H3,(H,9,10);2H,1H2,(H,4,5);/q;;+2/p-2. The molecule has 0 atom stereocenters. The smallest absolute Gasteiger partial charge is 0.550 e. The average Bonchev–Trinajstić information content (AvgIpc) is 2.18. The molecule has 0 aromatic heterocycles. The Hall–Kier alpha value is -0.697. The predicted molar refractivity (Wildman–Crippen MR) is 53.6 cm³/mol. The van der Waals surface area contributed by atoms with Crippen molar-refractivity contribution in [3.8, 4) is 0 Å². The summed E-state index contributed by atoms with van der Waals surface area (Å²) in [5.41, 5.74) is 0. The van der Waals surface area contributed by atoms with Gasteiger partial charge in [-0.05, 0) is 18.9 Å². The van der Waals surface area contributed by atoms with E-state index in [4.69, 9.17) is 9.90 Å². The molecule has 0 aromatic carbocycles. The fraction of sp³-hybridized carbons (Fsp3) is 0.636. The van der Waals surface area contributed by atoms with Crippen molar-refractivity contribution in [2.45, 2.75) is 45.4 Å². The van der Waals surface area contributed by atoms with E-state index in [1.807, 2.05) is 0 Å². The van der Waals surface area contributed by atoms with Gasteiger partial charge in [-0.15, -0.1) is 0 Å². The summed E-state index contributed by atoms with van der Waals surface area (Å²) in [6.45, 7) is 5.04. The molecule has 0 saturated heterocycles. The SMILES string of the molecule is C=CC(=O)[O-].CCCCCCCC(=O)[O-].[Zn+2]. The van der Waals surface area contributed by atoms with Crippen molar-refractivity contribution in [3.05, 3.63) is 12.7 Å². The van der Waals surface area contributed by atoms with Gasteiger partial charge in [0, 0.05) is 5.97 Å². The van der Waals surface area contributed by atoms with Gasteiger partial charge >= 0.3 is 19.5 Å². The van der Waals surface area contributed by atoms with Crippen LogP contribution in [0.4, 0.5) is 0 Å². The van der Waals surface area contributed by atoms with Crippen LogP contribution < -0.4 is 10.2 Å². The van der Waals surface area contributed by atoms with E-state index in [0.29, 0.717) is 0 Å². The van der Waals surface area contributed by atoms with Gasteiger partial charge in [-0.3, -0.25) is 0 Å². The number of unbranched alkanes of at least 4 members (excludes halogenated alkanes) is 4. The van der Waals surface area contributed by atoms with Crippen LogP contribution in [-0.2, 0) is 29.1 Å². The summed E-state index contributed by atoms with van der Waals surface area (Å²) in [4.78, 5) is 19.1. The van der Waals surface area contributed by atoms with Crippen molar-refractivity contribution in [2.24, 2.45) is 0 Å². The second-order valence-corrected chi connectivity index (χ2v) is 3.06. The minimum Gasteiger partial charge on any atom is -0.550 e. The van der Waals surface area contributed by atoms with E-state index in [1.54, 1.807) is 0 Å². The number of rotatable bonds is 7. The van der Waals surface area contributed by atoms with Gasteiger partial charge in [0.05, 0.1) is 5.97 Å². The number of carbonyl (C=O) groups is 2. The van der Waals surface area contributed by atoms with Crippen molar-refractivity contribution < 1.29 is 39.3 Å². The van der Waals surface area contributed by atoms with Crippen LogP contribution in [0.3, 0.4) is 0 Å². The molecule has 0 radical (unpaired) electrons. The number of carbonyl (C=O) groups excluding carboxylic acids is 2. The second-order valence-electron chi connectivity index (χ2n) is 3.06. The predicted octanol–water partition coefficient (Wildman–Crippen LogP) is 0.0166. The maximum Gasteiger partial charge on any atom is 2.00 e. The van der Waals surface area contributed by atoms with Crippen molar-refractivity contribution >= 4 is 11.9 Å². The summed E-state index contributed by atoms with van der Waals surface area (Å²) in [5, 5.41) is 19.1. The molecule has 0 rings (SSSR count). The van der Waals surface area contributed by atoms with Crippen LogP contribution in [0.1, 0.15) is 45.4 Å². The summed E-state index contributed by atoms with van der Waals surface area (Å²) < 4.78 is 0. The van der Waals surface area contributed by atoms with E-state index in [9.17, 15) is 9.90 Å². The molecule has 0 saturated carbocycles. The van der Waals surface area contributed by atoms with Crippen LogP contribution in [0.15, 0.2) is 12.7 Å². The molecule has 0 heterocycles. The van der Waals surface area contributed by atoms with Gasteiger partial charge in [-0.1, -0.05) is 39.2 Å². The maximum atomic E-state index is 9.92. The van der Waals surface area contributed by atoms with Gasteiger partial charge in [-0.25, -0.2) is 0 Å². The summed E-state index contributed by atoms with van der Waals surface area (Å²) >= 11 is 0. The molecule has 0 aliphatic carbocycles. The van der Waals surface area contributed by atoms with Gasteiger partial charge in [0.1, 0.15) is 0 Å². The molecular formula is C11H18O4Zn. The van der Waals surface area contributed by atoms with Crippen molar-refractivity contribution in [1.29, 1.82) is 0 Å². The van der Waals surface area contributed by atoms with Crippen LogP contribution >= 0.6 is 0 Å². The van der Waals surface area contributed by atoms with Crippen LogP contribution in [0.2, 0.25) is 0 Å². The molecule has 5 heteroatoms. The van der Waals surface area contributed by atoms with Gasteiger partial charge in [-0.2, -0.15) is 0 Å². The Kier molecular flexibility index (Phi) is 21.6. The Morgan fingerprint density at radius 3 is 1.88 bits per heavy atom. The number of hydrogen-bond acceptors (Lipinski definition) is 4. The largest absolute Gasteiger partial charge is 2.00 e. The van der Waals surface area contributed by atoms with E-state index < -0.39 is 11.9 Å². The minimum atomic E-state index is -1.23. The molecule has 0 amide bonds. The van der Waals surface area contributed by atoms with E-state index in [-0.39, 0.29) is 25.9 Å². The Morgan fingerprint density at radius 1 is 1.12 bits per heavy atom. The van der Waals surface area contributed by atoms with Gasteiger partial charge in [0.15, 0.2) is 0 Å². The Labute approximate surface area is 109 Å². The summed E-state index contributed by atoms with van der Waals surface area (Å²) in [7, 11) is 0. The van der Waals surface area contributed by atoms with E-state index >= 15 is 0 Å². The third-order valence-corrected chi connectivity index (χ3v) is 1.65. The zero-order valence-electron chi connectivity index (χ0n) is 9.87. The number of carboxylic acids is 2. The first-order valence-electron chi connectivity index (χ1n) is 5.07. The third-order valence-electron chi connectivity index (χ3n) is 1.65. The Bertz CT molecular complexity index is 192. The molecule has 88 valence electrons. The van der Waals surface area contributed by atoms with Crippen LogP contribution in [0.25, 0.3) is 0 Å². The zero-order valence-corrected chi connectivity index (χ0v) is 12.8. The fourth-order valence-electron chi connectivity index (χ4n) is 0.873. The molecule has 0 aromatic rings. The minimum absolute atomic E-state index is 0. The first-order chi connectivity index (χ1) is 7.04. The molecular weight excluding hydrogens is 262 g/mol. The maximum absolute atomic E-state index is 9.92. The second kappa shape index (κ2) is 16.7. The molecule has 0 N–H and O–H groups in total. The average molecular weight is 280 g/mol. The number of aliphatic carboxylic acids is 2. The van der Waals surface area contributed by atoms with E-state index in [0.717, 1.165) is 25.3 Å². The molecule has 4 nitrogen and oxygen atoms in total. The zero-order chi connectivity index (χ0) is 12.1. The first-order valence-corrected chi connectivity index (χ1v) is 5.07.